The van der Waals surface area contributed by atoms with Crippen molar-refractivity contribution in [2.45, 2.75) is 0 Å². The summed E-state index contributed by atoms with van der Waals surface area (Å²) < 4.78 is 12.9. The predicted molar refractivity (Wildman–Crippen MR) is 89.4 cm³/mol. The summed E-state index contributed by atoms with van der Waals surface area (Å²) >= 11 is 9.31. The molecule has 0 aliphatic heterocycles. The van der Waals surface area contributed by atoms with Crippen LogP contribution in [0, 0.1) is 0 Å². The molecule has 9 heteroatoms. The standard InChI is InChI=1S/C15H10BrClN4O3/c16-10-1-6-14(13(17)7-10)23-8-15(22)24-12-4-2-11(3-5-12)21-9-18-19-20-21/h1-7,9H,8H2. The molecule has 24 heavy (non-hydrogen) atoms. The number of hydrogen-bond donors (Lipinski definition) is 0. The van der Waals surface area contributed by atoms with Crippen LogP contribution in [0.4, 0.5) is 0 Å². The molecule has 0 fully saturated rings. The maximum atomic E-state index is 11.8. The molecule has 0 saturated heterocycles. The summed E-state index contributed by atoms with van der Waals surface area (Å²) in [6, 6.07) is 11.9. The van der Waals surface area contributed by atoms with Crippen LogP contribution in [0.1, 0.15) is 0 Å². The van der Waals surface area contributed by atoms with Crippen LogP contribution in [0.15, 0.2) is 53.3 Å². The van der Waals surface area contributed by atoms with Crippen molar-refractivity contribution < 1.29 is 14.3 Å². The fraction of sp³-hybridized carbons (Fsp3) is 0.0667. The molecular weight excluding hydrogens is 400 g/mol. The first-order valence-corrected chi connectivity index (χ1v) is 7.91. The maximum absolute atomic E-state index is 11.8. The SMILES string of the molecule is O=C(COc1ccc(Br)cc1Cl)Oc1ccc(-n2cnnn2)cc1. The van der Waals surface area contributed by atoms with Crippen LogP contribution in [0.2, 0.25) is 5.02 Å². The molecule has 0 aliphatic rings. The molecule has 3 aromatic rings. The smallest absolute Gasteiger partial charge is 0.349 e. The summed E-state index contributed by atoms with van der Waals surface area (Å²) in [5, 5.41) is 11.3. The van der Waals surface area contributed by atoms with Crippen LogP contribution in [0.25, 0.3) is 5.69 Å². The molecule has 0 amide bonds. The van der Waals surface area contributed by atoms with Crippen LogP contribution in [0.3, 0.4) is 0 Å². The molecule has 7 nitrogen and oxygen atoms in total. The Kier molecular flexibility index (Phi) is 5.07. The average molecular weight is 410 g/mol. The van der Waals surface area contributed by atoms with Gasteiger partial charge in [-0.1, -0.05) is 27.5 Å². The van der Waals surface area contributed by atoms with Crippen LogP contribution in [-0.2, 0) is 4.79 Å². The number of ether oxygens (including phenoxy) is 2. The number of esters is 1. The number of carbonyl (C=O) groups is 1. The van der Waals surface area contributed by atoms with E-state index in [9.17, 15) is 4.79 Å². The first kappa shape index (κ1) is 16.4. The number of halogens is 2. The van der Waals surface area contributed by atoms with Gasteiger partial charge in [0.15, 0.2) is 6.61 Å². The van der Waals surface area contributed by atoms with E-state index in [-0.39, 0.29) is 6.61 Å². The van der Waals surface area contributed by atoms with Gasteiger partial charge in [-0.2, -0.15) is 0 Å². The van der Waals surface area contributed by atoms with Gasteiger partial charge in [0, 0.05) is 4.47 Å². The van der Waals surface area contributed by atoms with Gasteiger partial charge in [0.25, 0.3) is 0 Å². The molecule has 0 spiro atoms. The number of benzene rings is 2. The van der Waals surface area contributed by atoms with E-state index in [4.69, 9.17) is 21.1 Å². The molecule has 0 saturated carbocycles. The van der Waals surface area contributed by atoms with E-state index in [1.807, 2.05) is 0 Å². The summed E-state index contributed by atoms with van der Waals surface area (Å²) in [5.74, 6) is 0.261. The van der Waals surface area contributed by atoms with Gasteiger partial charge >= 0.3 is 5.97 Å². The van der Waals surface area contributed by atoms with E-state index in [0.29, 0.717) is 16.5 Å². The maximum Gasteiger partial charge on any atom is 0.349 e. The minimum absolute atomic E-state index is 0.254. The van der Waals surface area contributed by atoms with Crippen LogP contribution >= 0.6 is 27.5 Å². The summed E-state index contributed by atoms with van der Waals surface area (Å²) in [5.41, 5.74) is 0.748. The van der Waals surface area contributed by atoms with Gasteiger partial charge in [0.2, 0.25) is 0 Å². The van der Waals surface area contributed by atoms with E-state index < -0.39 is 5.97 Å². The molecule has 0 aliphatic carbocycles. The minimum atomic E-state index is -0.538. The van der Waals surface area contributed by atoms with Gasteiger partial charge in [-0.25, -0.2) is 9.48 Å². The third kappa shape index (κ3) is 4.09. The Bertz CT molecular complexity index is 840. The van der Waals surface area contributed by atoms with E-state index in [0.717, 1.165) is 10.2 Å². The monoisotopic (exact) mass is 408 g/mol. The Morgan fingerprint density at radius 3 is 2.67 bits per heavy atom. The van der Waals surface area contributed by atoms with Crippen molar-refractivity contribution in [3.05, 3.63) is 58.3 Å². The van der Waals surface area contributed by atoms with Crippen molar-refractivity contribution in [2.24, 2.45) is 0 Å². The molecule has 1 heterocycles. The minimum Gasteiger partial charge on any atom is -0.480 e. The third-order valence-corrected chi connectivity index (χ3v) is 3.71. The number of rotatable bonds is 5. The van der Waals surface area contributed by atoms with E-state index in [2.05, 4.69) is 31.5 Å². The largest absolute Gasteiger partial charge is 0.480 e. The topological polar surface area (TPSA) is 79.1 Å². The fourth-order valence-corrected chi connectivity index (χ4v) is 2.56. The molecule has 2 aromatic carbocycles. The molecule has 122 valence electrons. The molecule has 0 radical (unpaired) electrons. The number of carbonyl (C=O) groups excluding carboxylic acids is 1. The van der Waals surface area contributed by atoms with Gasteiger partial charge in [-0.15, -0.1) is 5.10 Å². The predicted octanol–water partition coefficient (Wildman–Crippen LogP) is 3.06. The zero-order valence-electron chi connectivity index (χ0n) is 12.1. The zero-order chi connectivity index (χ0) is 16.9. The van der Waals surface area contributed by atoms with Gasteiger partial charge in [-0.05, 0) is 52.9 Å². The Morgan fingerprint density at radius 2 is 2.00 bits per heavy atom. The first-order chi connectivity index (χ1) is 11.6. The normalized spacial score (nSPS) is 10.4. The third-order valence-electron chi connectivity index (χ3n) is 2.92. The van der Waals surface area contributed by atoms with Crippen molar-refractivity contribution in [3.63, 3.8) is 0 Å². The highest BCUT2D eigenvalue weighted by Gasteiger charge is 2.09. The number of tetrazole rings is 1. The van der Waals surface area contributed by atoms with Gasteiger partial charge in [-0.3, -0.25) is 0 Å². The number of nitrogens with zero attached hydrogens (tertiary/aromatic N) is 4. The Balaban J connectivity index is 1.56. The highest BCUT2D eigenvalue weighted by atomic mass is 79.9. The molecule has 0 unspecified atom stereocenters. The average Bonchev–Trinajstić information content (AvgIpc) is 3.09. The van der Waals surface area contributed by atoms with E-state index in [1.165, 1.54) is 11.0 Å². The summed E-state index contributed by atoms with van der Waals surface area (Å²) in [4.78, 5) is 11.8. The quantitative estimate of drug-likeness (QED) is 0.476. The lowest BCUT2D eigenvalue weighted by Gasteiger charge is -2.08. The summed E-state index contributed by atoms with van der Waals surface area (Å²) in [6.45, 7) is -0.254. The second kappa shape index (κ2) is 7.41. The molecule has 0 atom stereocenters. The van der Waals surface area contributed by atoms with Crippen LogP contribution in [-0.4, -0.2) is 32.8 Å². The molecule has 0 bridgehead atoms. The Labute approximate surface area is 150 Å². The zero-order valence-corrected chi connectivity index (χ0v) is 14.4. The highest BCUT2D eigenvalue weighted by Crippen LogP contribution is 2.27. The summed E-state index contributed by atoms with van der Waals surface area (Å²) in [7, 11) is 0. The van der Waals surface area contributed by atoms with Crippen molar-refractivity contribution in [1.82, 2.24) is 20.2 Å². The highest BCUT2D eigenvalue weighted by molar-refractivity contribution is 9.10. The van der Waals surface area contributed by atoms with Crippen LogP contribution < -0.4 is 9.47 Å². The van der Waals surface area contributed by atoms with Gasteiger partial charge < -0.3 is 9.47 Å². The lowest BCUT2D eigenvalue weighted by Crippen LogP contribution is -2.17. The first-order valence-electron chi connectivity index (χ1n) is 6.74. The summed E-state index contributed by atoms with van der Waals surface area (Å²) in [6.07, 6.45) is 1.47. The van der Waals surface area contributed by atoms with Gasteiger partial charge in [0.1, 0.15) is 17.8 Å². The Morgan fingerprint density at radius 1 is 1.21 bits per heavy atom. The lowest BCUT2D eigenvalue weighted by molar-refractivity contribution is -0.136. The molecule has 0 N–H and O–H groups in total. The molecular formula is C15H10BrClN4O3. The second-order valence-electron chi connectivity index (χ2n) is 4.59. The molecule has 1 aromatic heterocycles. The van der Waals surface area contributed by atoms with Crippen LogP contribution in [0.5, 0.6) is 11.5 Å². The second-order valence-corrected chi connectivity index (χ2v) is 5.91. The van der Waals surface area contributed by atoms with Crippen molar-refractivity contribution in [3.8, 4) is 17.2 Å². The molecule has 3 rings (SSSR count). The number of hydrogen-bond acceptors (Lipinski definition) is 6. The van der Waals surface area contributed by atoms with E-state index >= 15 is 0 Å². The van der Waals surface area contributed by atoms with Gasteiger partial charge in [0.05, 0.1) is 10.7 Å². The lowest BCUT2D eigenvalue weighted by atomic mass is 10.3. The van der Waals surface area contributed by atoms with E-state index in [1.54, 1.807) is 42.5 Å². The van der Waals surface area contributed by atoms with Crippen molar-refractivity contribution in [1.29, 1.82) is 0 Å². The van der Waals surface area contributed by atoms with Crippen molar-refractivity contribution in [2.75, 3.05) is 6.61 Å². The number of aromatic nitrogens is 4. The fourth-order valence-electron chi connectivity index (χ4n) is 1.84. The Hall–Kier alpha value is -2.45. The van der Waals surface area contributed by atoms with Crippen molar-refractivity contribution >= 4 is 33.5 Å².